The summed E-state index contributed by atoms with van der Waals surface area (Å²) < 4.78 is 14.6. The molecule has 4 rings (SSSR count). The second kappa shape index (κ2) is 7.56. The second-order valence-corrected chi connectivity index (χ2v) is 8.37. The fourth-order valence-electron chi connectivity index (χ4n) is 2.99. The number of methoxy groups -OCH3 is 1. The maximum absolute atomic E-state index is 12.9. The maximum Gasteiger partial charge on any atom is 0.274 e. The third kappa shape index (κ3) is 3.29. The minimum Gasteiger partial charge on any atom is -0.493 e. The Labute approximate surface area is 174 Å². The number of rotatable bonds is 5. The molecule has 0 amide bonds. The van der Waals surface area contributed by atoms with Crippen LogP contribution in [-0.2, 0) is 0 Å². The molecule has 1 atom stereocenters. The fourth-order valence-corrected chi connectivity index (χ4v) is 4.53. The van der Waals surface area contributed by atoms with Gasteiger partial charge in [-0.25, -0.2) is 9.38 Å². The molecule has 0 fully saturated rings. The molecule has 28 heavy (non-hydrogen) atoms. The summed E-state index contributed by atoms with van der Waals surface area (Å²) in [7, 11) is 1.61. The van der Waals surface area contributed by atoms with E-state index in [1.165, 1.54) is 11.3 Å². The fraction of sp³-hybridized carbons (Fsp3) is 0.238. The molecule has 0 aliphatic heterocycles. The molecular formula is C21H19BrN2O3S. The van der Waals surface area contributed by atoms with Crippen LogP contribution in [0.25, 0.3) is 22.1 Å². The highest BCUT2D eigenvalue weighted by Gasteiger charge is 2.15. The van der Waals surface area contributed by atoms with Crippen LogP contribution in [0.15, 0.2) is 45.7 Å². The van der Waals surface area contributed by atoms with Gasteiger partial charge < -0.3 is 9.47 Å². The van der Waals surface area contributed by atoms with Gasteiger partial charge in [0.25, 0.3) is 5.56 Å². The zero-order chi connectivity index (χ0) is 19.8. The quantitative estimate of drug-likeness (QED) is 0.444. The molecular weight excluding hydrogens is 440 g/mol. The van der Waals surface area contributed by atoms with Crippen molar-refractivity contribution < 1.29 is 9.47 Å². The Balaban J connectivity index is 1.84. The van der Waals surface area contributed by atoms with Gasteiger partial charge >= 0.3 is 0 Å². The van der Waals surface area contributed by atoms with E-state index in [9.17, 15) is 4.79 Å². The molecule has 0 aliphatic rings. The van der Waals surface area contributed by atoms with E-state index in [1.807, 2.05) is 49.4 Å². The summed E-state index contributed by atoms with van der Waals surface area (Å²) in [6.45, 7) is 4.08. The monoisotopic (exact) mass is 458 g/mol. The number of hydrogen-bond acceptors (Lipinski definition) is 5. The predicted molar refractivity (Wildman–Crippen MR) is 117 cm³/mol. The van der Waals surface area contributed by atoms with Gasteiger partial charge in [-0.2, -0.15) is 0 Å². The van der Waals surface area contributed by atoms with Crippen LogP contribution in [0.3, 0.4) is 0 Å². The van der Waals surface area contributed by atoms with Gasteiger partial charge in [-0.1, -0.05) is 30.4 Å². The third-order valence-corrected chi connectivity index (χ3v) is 6.15. The van der Waals surface area contributed by atoms with Crippen LogP contribution in [0, 0.1) is 0 Å². The Kier molecular flexibility index (Phi) is 5.12. The number of para-hydroxylation sites is 2. The van der Waals surface area contributed by atoms with Crippen molar-refractivity contribution in [2.24, 2.45) is 0 Å². The van der Waals surface area contributed by atoms with Crippen molar-refractivity contribution in [3.63, 3.8) is 0 Å². The predicted octanol–water partition coefficient (Wildman–Crippen LogP) is 4.41. The Bertz CT molecular complexity index is 1280. The van der Waals surface area contributed by atoms with E-state index < -0.39 is 0 Å². The molecule has 7 heteroatoms. The highest BCUT2D eigenvalue weighted by atomic mass is 79.9. The molecule has 144 valence electrons. The number of aromatic nitrogens is 2. The normalized spacial score (nSPS) is 13.4. The molecule has 0 N–H and O–H groups in total. The van der Waals surface area contributed by atoms with Crippen molar-refractivity contribution >= 4 is 49.3 Å². The lowest BCUT2D eigenvalue weighted by Gasteiger charge is -2.17. The molecule has 0 unspecified atom stereocenters. The summed E-state index contributed by atoms with van der Waals surface area (Å²) in [4.78, 5) is 18.2. The lowest BCUT2D eigenvalue weighted by atomic mass is 10.2. The van der Waals surface area contributed by atoms with E-state index in [4.69, 9.17) is 9.47 Å². The van der Waals surface area contributed by atoms with Crippen molar-refractivity contribution in [2.75, 3.05) is 7.11 Å². The number of imidazole rings is 1. The molecule has 0 saturated carbocycles. The van der Waals surface area contributed by atoms with Crippen LogP contribution in [0.4, 0.5) is 0 Å². The first-order chi connectivity index (χ1) is 13.5. The van der Waals surface area contributed by atoms with Crippen molar-refractivity contribution in [2.45, 2.75) is 26.4 Å². The average Bonchev–Trinajstić information content (AvgIpc) is 3.19. The zero-order valence-electron chi connectivity index (χ0n) is 15.7. The number of halogens is 1. The van der Waals surface area contributed by atoms with Gasteiger partial charge in [0.2, 0.25) is 0 Å². The second-order valence-electron chi connectivity index (χ2n) is 6.51. The van der Waals surface area contributed by atoms with Crippen LogP contribution in [-0.4, -0.2) is 22.6 Å². The van der Waals surface area contributed by atoms with Gasteiger partial charge in [-0.15, -0.1) is 0 Å². The van der Waals surface area contributed by atoms with Crippen molar-refractivity contribution in [1.29, 1.82) is 0 Å². The van der Waals surface area contributed by atoms with Crippen LogP contribution < -0.4 is 19.6 Å². The summed E-state index contributed by atoms with van der Waals surface area (Å²) in [6.07, 6.45) is 2.83. The lowest BCUT2D eigenvalue weighted by molar-refractivity contribution is 0.206. The van der Waals surface area contributed by atoms with Gasteiger partial charge in [0.15, 0.2) is 16.5 Å². The average molecular weight is 459 g/mol. The summed E-state index contributed by atoms with van der Waals surface area (Å²) in [6, 6.07) is 11.5. The van der Waals surface area contributed by atoms with E-state index in [2.05, 4.69) is 27.8 Å². The summed E-state index contributed by atoms with van der Waals surface area (Å²) in [5.41, 5.74) is 2.44. The number of benzene rings is 2. The molecule has 0 saturated heterocycles. The number of nitrogens with zero attached hydrogens (tertiary/aromatic N) is 2. The number of fused-ring (bicyclic) bond motifs is 3. The highest BCUT2D eigenvalue weighted by molar-refractivity contribution is 9.10. The van der Waals surface area contributed by atoms with Crippen molar-refractivity contribution in [3.05, 3.63) is 61.3 Å². The zero-order valence-corrected chi connectivity index (χ0v) is 18.1. The van der Waals surface area contributed by atoms with Crippen LogP contribution in [0.2, 0.25) is 0 Å². The first-order valence-corrected chi connectivity index (χ1v) is 10.6. The number of hydrogen-bond donors (Lipinski definition) is 0. The van der Waals surface area contributed by atoms with Gasteiger partial charge in [0, 0.05) is 0 Å². The van der Waals surface area contributed by atoms with E-state index in [0.29, 0.717) is 21.0 Å². The van der Waals surface area contributed by atoms with E-state index in [1.54, 1.807) is 11.5 Å². The molecule has 0 aliphatic carbocycles. The minimum absolute atomic E-state index is 0.0660. The number of ether oxygens (including phenoxy) is 2. The molecule has 0 radical (unpaired) electrons. The topological polar surface area (TPSA) is 52.8 Å². The lowest BCUT2D eigenvalue weighted by Crippen LogP contribution is -2.22. The van der Waals surface area contributed by atoms with E-state index >= 15 is 0 Å². The van der Waals surface area contributed by atoms with Crippen LogP contribution in [0.1, 0.15) is 25.8 Å². The standard InChI is InChI=1S/C21H19BrN2O3S/c1-4-12(2)27-19-14(22)9-13(10-17(19)26-3)11-18-20(25)24-16-8-6-5-7-15(16)23-21(24)28-18/h5-12H,4H2,1-3H3/b18-11-/t12-/m0/s1. The first-order valence-electron chi connectivity index (χ1n) is 8.97. The Morgan fingerprint density at radius 2 is 2.11 bits per heavy atom. The van der Waals surface area contributed by atoms with Gasteiger partial charge in [-0.05, 0) is 65.2 Å². The minimum atomic E-state index is -0.0660. The smallest absolute Gasteiger partial charge is 0.274 e. The van der Waals surface area contributed by atoms with Gasteiger partial charge in [0.05, 0.1) is 33.3 Å². The van der Waals surface area contributed by atoms with E-state index in [-0.39, 0.29) is 11.7 Å². The molecule has 2 aromatic heterocycles. The van der Waals surface area contributed by atoms with Gasteiger partial charge in [-0.3, -0.25) is 4.79 Å². The number of thiazole rings is 1. The van der Waals surface area contributed by atoms with E-state index in [0.717, 1.165) is 27.5 Å². The van der Waals surface area contributed by atoms with Crippen molar-refractivity contribution in [3.8, 4) is 11.5 Å². The molecule has 4 aromatic rings. The molecule has 0 bridgehead atoms. The first kappa shape index (κ1) is 19.0. The summed E-state index contributed by atoms with van der Waals surface area (Å²) in [5, 5.41) is 0. The molecule has 5 nitrogen and oxygen atoms in total. The van der Waals surface area contributed by atoms with Crippen LogP contribution in [0.5, 0.6) is 11.5 Å². The molecule has 2 heterocycles. The van der Waals surface area contributed by atoms with Crippen LogP contribution >= 0.6 is 27.3 Å². The largest absolute Gasteiger partial charge is 0.493 e. The summed E-state index contributed by atoms with van der Waals surface area (Å²) in [5.74, 6) is 1.29. The Hall–Kier alpha value is -2.38. The third-order valence-electron chi connectivity index (χ3n) is 4.59. The van der Waals surface area contributed by atoms with Crippen molar-refractivity contribution in [1.82, 2.24) is 9.38 Å². The van der Waals surface area contributed by atoms with Gasteiger partial charge in [0.1, 0.15) is 0 Å². The molecule has 2 aromatic carbocycles. The Morgan fingerprint density at radius 1 is 1.32 bits per heavy atom. The summed E-state index contributed by atoms with van der Waals surface area (Å²) >= 11 is 4.95. The Morgan fingerprint density at radius 3 is 2.86 bits per heavy atom. The molecule has 0 spiro atoms. The maximum atomic E-state index is 12.9. The SMILES string of the molecule is CC[C@H](C)Oc1c(Br)cc(/C=c2\sc3nc4ccccc4n3c2=O)cc1OC. The highest BCUT2D eigenvalue weighted by Crippen LogP contribution is 2.37.